The van der Waals surface area contributed by atoms with E-state index in [2.05, 4.69) is 5.32 Å². The summed E-state index contributed by atoms with van der Waals surface area (Å²) >= 11 is 1.16. The first-order valence-electron chi connectivity index (χ1n) is 7.15. The van der Waals surface area contributed by atoms with Crippen molar-refractivity contribution in [1.82, 2.24) is 0 Å². The van der Waals surface area contributed by atoms with Gasteiger partial charge in [-0.05, 0) is 56.3 Å². The first kappa shape index (κ1) is 17.3. The molecule has 0 aliphatic heterocycles. The Bertz CT molecular complexity index is 677. The van der Waals surface area contributed by atoms with Crippen molar-refractivity contribution in [3.8, 4) is 5.75 Å². The third-order valence-electron chi connectivity index (χ3n) is 3.01. The molecular weight excluding hydrogens is 320 g/mol. The van der Waals surface area contributed by atoms with E-state index in [1.165, 1.54) is 6.07 Å². The average Bonchev–Trinajstić information content (AvgIpc) is 2.53. The van der Waals surface area contributed by atoms with Gasteiger partial charge in [-0.25, -0.2) is 8.78 Å². The molecule has 0 bridgehead atoms. The highest BCUT2D eigenvalue weighted by Gasteiger charge is 2.15. The van der Waals surface area contributed by atoms with Gasteiger partial charge in [0.15, 0.2) is 11.6 Å². The van der Waals surface area contributed by atoms with Crippen LogP contribution in [0.5, 0.6) is 5.75 Å². The summed E-state index contributed by atoms with van der Waals surface area (Å²) in [6.07, 6.45) is 0. The number of nitrogens with one attached hydrogen (secondary N) is 1. The molecule has 0 aliphatic carbocycles. The molecule has 3 nitrogen and oxygen atoms in total. The quantitative estimate of drug-likeness (QED) is 0.790. The smallest absolute Gasteiger partial charge is 0.237 e. The predicted molar refractivity (Wildman–Crippen MR) is 87.9 cm³/mol. The van der Waals surface area contributed by atoms with Gasteiger partial charge in [-0.3, -0.25) is 4.79 Å². The number of hydrogen-bond acceptors (Lipinski definition) is 3. The maximum absolute atomic E-state index is 13.2. The van der Waals surface area contributed by atoms with E-state index in [0.29, 0.717) is 17.2 Å². The van der Waals surface area contributed by atoms with Gasteiger partial charge in [-0.15, -0.1) is 11.8 Å². The van der Waals surface area contributed by atoms with Crippen LogP contribution in [0.2, 0.25) is 0 Å². The van der Waals surface area contributed by atoms with E-state index in [0.717, 1.165) is 29.6 Å². The Morgan fingerprint density at radius 2 is 1.87 bits per heavy atom. The lowest BCUT2D eigenvalue weighted by atomic mass is 10.3. The molecule has 0 spiro atoms. The van der Waals surface area contributed by atoms with Crippen molar-refractivity contribution < 1.29 is 18.3 Å². The van der Waals surface area contributed by atoms with Crippen LogP contribution in [0.25, 0.3) is 0 Å². The zero-order valence-corrected chi connectivity index (χ0v) is 13.6. The van der Waals surface area contributed by atoms with Crippen molar-refractivity contribution in [2.45, 2.75) is 24.0 Å². The molecule has 2 rings (SSSR count). The highest BCUT2D eigenvalue weighted by atomic mass is 32.2. The summed E-state index contributed by atoms with van der Waals surface area (Å²) in [5.74, 6) is -1.31. The van der Waals surface area contributed by atoms with Crippen LogP contribution in [-0.2, 0) is 4.79 Å². The second-order valence-corrected chi connectivity index (χ2v) is 6.20. The summed E-state index contributed by atoms with van der Waals surface area (Å²) in [5, 5.41) is 2.32. The van der Waals surface area contributed by atoms with Gasteiger partial charge in [-0.2, -0.15) is 0 Å². The lowest BCUT2D eigenvalue weighted by molar-refractivity contribution is -0.115. The second-order valence-electron chi connectivity index (χ2n) is 4.78. The molecule has 1 atom stereocenters. The SMILES string of the molecule is CCOc1ccc(NC(=O)[C@@H](C)Sc2ccc(F)c(F)c2)cc1. The fourth-order valence-corrected chi connectivity index (χ4v) is 2.75. The molecule has 0 radical (unpaired) electrons. The number of benzene rings is 2. The molecule has 1 N–H and O–H groups in total. The fraction of sp³-hybridized carbons (Fsp3) is 0.235. The Kier molecular flexibility index (Phi) is 5.98. The van der Waals surface area contributed by atoms with Gasteiger partial charge in [0.25, 0.3) is 0 Å². The largest absolute Gasteiger partial charge is 0.494 e. The van der Waals surface area contributed by atoms with Crippen molar-refractivity contribution in [3.63, 3.8) is 0 Å². The number of halogens is 2. The molecule has 1 amide bonds. The summed E-state index contributed by atoms with van der Waals surface area (Å²) in [5.41, 5.74) is 0.649. The Balaban J connectivity index is 1.95. The van der Waals surface area contributed by atoms with Crippen molar-refractivity contribution in [2.75, 3.05) is 11.9 Å². The van der Waals surface area contributed by atoms with Crippen molar-refractivity contribution in [3.05, 3.63) is 54.1 Å². The van der Waals surface area contributed by atoms with Gasteiger partial charge in [0.2, 0.25) is 5.91 Å². The number of hydrogen-bond donors (Lipinski definition) is 1. The van der Waals surface area contributed by atoms with Crippen LogP contribution < -0.4 is 10.1 Å². The van der Waals surface area contributed by atoms with E-state index in [-0.39, 0.29) is 5.91 Å². The molecule has 2 aromatic carbocycles. The predicted octanol–water partition coefficient (Wildman–Crippen LogP) is 4.48. The van der Waals surface area contributed by atoms with Crippen LogP contribution in [0, 0.1) is 11.6 Å². The minimum atomic E-state index is -0.922. The molecule has 23 heavy (non-hydrogen) atoms. The first-order chi connectivity index (χ1) is 11.0. The zero-order valence-electron chi connectivity index (χ0n) is 12.8. The standard InChI is InChI=1S/C17H17F2NO2S/c1-3-22-13-6-4-12(5-7-13)20-17(21)11(2)23-14-8-9-15(18)16(19)10-14/h4-11H,3H2,1-2H3,(H,20,21)/t11-/m1/s1. The van der Waals surface area contributed by atoms with Crippen molar-refractivity contribution >= 4 is 23.4 Å². The lowest BCUT2D eigenvalue weighted by Crippen LogP contribution is -2.22. The number of carbonyl (C=O) groups is 1. The average molecular weight is 337 g/mol. The molecule has 122 valence electrons. The van der Waals surface area contributed by atoms with E-state index in [4.69, 9.17) is 4.74 Å². The highest BCUT2D eigenvalue weighted by Crippen LogP contribution is 2.26. The molecule has 2 aromatic rings. The number of thioether (sulfide) groups is 1. The molecular formula is C17H17F2NO2S. The Morgan fingerprint density at radius 1 is 1.17 bits per heavy atom. The van der Waals surface area contributed by atoms with E-state index in [1.54, 1.807) is 31.2 Å². The molecule has 0 saturated heterocycles. The Morgan fingerprint density at radius 3 is 2.48 bits per heavy atom. The summed E-state index contributed by atoms with van der Waals surface area (Å²) in [6.45, 7) is 4.18. The normalized spacial score (nSPS) is 11.8. The summed E-state index contributed by atoms with van der Waals surface area (Å²) in [4.78, 5) is 12.6. The van der Waals surface area contributed by atoms with E-state index in [1.807, 2.05) is 6.92 Å². The van der Waals surface area contributed by atoms with Crippen molar-refractivity contribution in [1.29, 1.82) is 0 Å². The van der Waals surface area contributed by atoms with Crippen LogP contribution in [0.1, 0.15) is 13.8 Å². The van der Waals surface area contributed by atoms with E-state index >= 15 is 0 Å². The molecule has 0 heterocycles. The van der Waals surface area contributed by atoms with Gasteiger partial charge in [0.1, 0.15) is 5.75 Å². The minimum absolute atomic E-state index is 0.219. The number of anilines is 1. The number of rotatable bonds is 6. The van der Waals surface area contributed by atoms with Crippen LogP contribution in [0.4, 0.5) is 14.5 Å². The maximum atomic E-state index is 13.2. The van der Waals surface area contributed by atoms with Crippen LogP contribution >= 0.6 is 11.8 Å². The van der Waals surface area contributed by atoms with E-state index < -0.39 is 16.9 Å². The highest BCUT2D eigenvalue weighted by molar-refractivity contribution is 8.00. The fourth-order valence-electron chi connectivity index (χ4n) is 1.85. The maximum Gasteiger partial charge on any atom is 0.237 e. The molecule has 0 aliphatic rings. The Labute approximate surface area is 138 Å². The van der Waals surface area contributed by atoms with Crippen LogP contribution in [-0.4, -0.2) is 17.8 Å². The minimum Gasteiger partial charge on any atom is -0.494 e. The van der Waals surface area contributed by atoms with E-state index in [9.17, 15) is 13.6 Å². The van der Waals surface area contributed by atoms with Gasteiger partial charge in [-0.1, -0.05) is 0 Å². The summed E-state index contributed by atoms with van der Waals surface area (Å²) < 4.78 is 31.4. The van der Waals surface area contributed by atoms with Gasteiger partial charge < -0.3 is 10.1 Å². The number of carbonyl (C=O) groups excluding carboxylic acids is 1. The van der Waals surface area contributed by atoms with Crippen molar-refractivity contribution in [2.24, 2.45) is 0 Å². The zero-order chi connectivity index (χ0) is 16.8. The lowest BCUT2D eigenvalue weighted by Gasteiger charge is -2.12. The molecule has 6 heteroatoms. The number of amides is 1. The van der Waals surface area contributed by atoms with Crippen LogP contribution in [0.15, 0.2) is 47.4 Å². The monoisotopic (exact) mass is 337 g/mol. The first-order valence-corrected chi connectivity index (χ1v) is 8.03. The molecule has 0 unspecified atom stereocenters. The third-order valence-corrected chi connectivity index (χ3v) is 4.10. The molecule has 0 aromatic heterocycles. The third kappa shape index (κ3) is 4.96. The van der Waals surface area contributed by atoms with Gasteiger partial charge in [0.05, 0.1) is 11.9 Å². The molecule has 0 fully saturated rings. The topological polar surface area (TPSA) is 38.3 Å². The van der Waals surface area contributed by atoms with Gasteiger partial charge in [0, 0.05) is 10.6 Å². The van der Waals surface area contributed by atoms with Crippen LogP contribution in [0.3, 0.4) is 0 Å². The number of ether oxygens (including phenoxy) is 1. The second kappa shape index (κ2) is 7.97. The Hall–Kier alpha value is -2.08. The summed E-state index contributed by atoms with van der Waals surface area (Å²) in [7, 11) is 0. The summed E-state index contributed by atoms with van der Waals surface area (Å²) in [6, 6.07) is 10.6. The molecule has 0 saturated carbocycles. The van der Waals surface area contributed by atoms with Gasteiger partial charge >= 0.3 is 0 Å².